The number of carbonyl (C=O) groups is 2. The fraction of sp³-hybridized carbons (Fsp3) is 0.683. The maximum atomic E-state index is 12.0. The van der Waals surface area contributed by atoms with Gasteiger partial charge >= 0.3 is 41.6 Å². The zero-order chi connectivity index (χ0) is 76.5. The molecule has 0 atom stereocenters. The van der Waals surface area contributed by atoms with Crippen molar-refractivity contribution in [1.82, 2.24) is 50.1 Å². The third-order valence-electron chi connectivity index (χ3n) is 18.4. The second kappa shape index (κ2) is 49.5. The van der Waals surface area contributed by atoms with Gasteiger partial charge in [0.05, 0.1) is 22.3 Å². The van der Waals surface area contributed by atoms with Crippen LogP contribution in [0.25, 0.3) is 40.9 Å². The van der Waals surface area contributed by atoms with Crippen molar-refractivity contribution in [3.05, 3.63) is 74.2 Å². The van der Waals surface area contributed by atoms with Gasteiger partial charge in [0.25, 0.3) is 0 Å². The number of fused-ring (bicyclic) bond motifs is 4. The second-order valence-electron chi connectivity index (χ2n) is 31.0. The Morgan fingerprint density at radius 1 is 0.569 bits per heavy atom. The molecule has 8 aromatic heterocycles. The number of carbonyl (C=O) groups excluding carboxylic acids is 2. The van der Waals surface area contributed by atoms with Gasteiger partial charge in [-0.25, -0.2) is 44.7 Å². The third kappa shape index (κ3) is 33.6. The van der Waals surface area contributed by atoms with Gasteiger partial charge in [-0.1, -0.05) is 103 Å². The molecular formula is C82H134Cl2N11NaO9S4. The first kappa shape index (κ1) is 98.9. The van der Waals surface area contributed by atoms with E-state index >= 15 is 0 Å². The number of hydrogen-bond acceptors (Lipinski definition) is 23. The Labute approximate surface area is 705 Å². The fourth-order valence-electron chi connectivity index (χ4n) is 12.5. The van der Waals surface area contributed by atoms with Crippen LogP contribution in [0.1, 0.15) is 301 Å². The first-order chi connectivity index (χ1) is 49.8. The number of nitrogens with one attached hydrogen (secondary N) is 1. The van der Waals surface area contributed by atoms with Crippen LogP contribution in [-0.4, -0.2) is 143 Å². The first-order valence-electron chi connectivity index (χ1n) is 38.4. The van der Waals surface area contributed by atoms with E-state index in [9.17, 15) is 14.7 Å². The van der Waals surface area contributed by atoms with Crippen LogP contribution in [0.5, 0.6) is 17.6 Å². The van der Waals surface area contributed by atoms with Crippen LogP contribution in [0.4, 0.5) is 4.79 Å². The van der Waals surface area contributed by atoms with Gasteiger partial charge in [-0.2, -0.15) is 0 Å². The molecular weight excluding hydrogens is 1510 g/mol. The number of aliphatic hydroxyl groups excluding tert-OH is 1. The largest absolute Gasteiger partial charge is 1.00 e. The smallest absolute Gasteiger partial charge is 1.00 e. The molecule has 13 rings (SSSR count). The molecule has 0 unspecified atom stereocenters. The van der Waals surface area contributed by atoms with Gasteiger partial charge in [-0.15, -0.1) is 57.8 Å². The predicted molar refractivity (Wildman–Crippen MR) is 457 cm³/mol. The Balaban J connectivity index is 0.000000678. The molecule has 0 aromatic carbocycles. The number of hydrogen-bond donors (Lipinski definition) is 3. The first-order valence-corrected chi connectivity index (χ1v) is 41.3. The SMILES string of the molecule is C.C.C.C1CCOC1.CC(C)(C)OC(=O)NC1CCC(O)CC1.CC(C)c1cc2c(Cl)ncnc2s1.CC(C)c1cc2c(OC3CCC(CC(=O)OC(C)(C)C)CC3)ncnc2s1.CC(C)c1cc2c(OC3CCC(N(C)C)CC3)ncnc2s1.CC(C)c1cc2c(OC3CCC(N)CC3)ncnc2s1.Cl.[2H]CC.[H-].[Na+]. The van der Waals surface area contributed by atoms with Crippen LogP contribution in [0.2, 0.25) is 5.15 Å². The Kier molecular flexibility index (Phi) is 44.9. The molecule has 4 aliphatic carbocycles. The molecule has 0 radical (unpaired) electrons. The van der Waals surface area contributed by atoms with E-state index in [2.05, 4.69) is 144 Å². The maximum Gasteiger partial charge on any atom is 1.00 e. The van der Waals surface area contributed by atoms with Gasteiger partial charge in [-0.05, 0) is 225 Å². The normalized spacial score (nSPS) is 20.4. The number of esters is 1. The molecule has 20 nitrogen and oxygen atoms in total. The summed E-state index contributed by atoms with van der Waals surface area (Å²) in [6.45, 7) is 33.1. The predicted octanol–water partition coefficient (Wildman–Crippen LogP) is 19.6. The van der Waals surface area contributed by atoms with Gasteiger partial charge in [0.1, 0.15) is 79.3 Å². The number of nitrogens with two attached hydrogens (primary N) is 1. The number of aliphatic hydroxyl groups is 1. The van der Waals surface area contributed by atoms with Crippen LogP contribution in [-0.2, 0) is 19.0 Å². The number of nitrogens with zero attached hydrogens (tertiary/aromatic N) is 9. The van der Waals surface area contributed by atoms with E-state index in [1.54, 1.807) is 71.3 Å². The molecule has 1 saturated heterocycles. The minimum atomic E-state index is -0.446. The maximum absolute atomic E-state index is 12.0. The topological polar surface area (TPSA) is 254 Å². The average molecular weight is 1640 g/mol. The Morgan fingerprint density at radius 3 is 1.24 bits per heavy atom. The summed E-state index contributed by atoms with van der Waals surface area (Å²) in [5.74, 6) is 4.51. The summed E-state index contributed by atoms with van der Waals surface area (Å²) >= 11 is 12.8. The molecule has 0 bridgehead atoms. The summed E-state index contributed by atoms with van der Waals surface area (Å²) < 4.78 is 40.3. The van der Waals surface area contributed by atoms with Crippen molar-refractivity contribution in [1.29, 1.82) is 0 Å². The van der Waals surface area contributed by atoms with Gasteiger partial charge < -0.3 is 50.9 Å². The summed E-state index contributed by atoms with van der Waals surface area (Å²) in [7, 11) is 4.33. The number of amides is 1. The van der Waals surface area contributed by atoms with Crippen LogP contribution in [0, 0.1) is 5.92 Å². The quantitative estimate of drug-likeness (QED) is 0.0519. The average Bonchev–Trinajstić information content (AvgIpc) is 1.69. The summed E-state index contributed by atoms with van der Waals surface area (Å²) in [6, 6.07) is 9.80. The van der Waals surface area contributed by atoms with E-state index in [0.29, 0.717) is 66.0 Å². The number of aromatic nitrogens is 8. The molecule has 109 heavy (non-hydrogen) atoms. The van der Waals surface area contributed by atoms with Crippen molar-refractivity contribution in [3.8, 4) is 17.6 Å². The fourth-order valence-corrected chi connectivity index (χ4v) is 16.7. The van der Waals surface area contributed by atoms with E-state index in [1.165, 1.54) is 51.5 Å². The summed E-state index contributed by atoms with van der Waals surface area (Å²) in [5.41, 5.74) is 5.08. The molecule has 9 heterocycles. The molecule has 5 fully saturated rings. The van der Waals surface area contributed by atoms with Crippen molar-refractivity contribution in [2.45, 2.75) is 332 Å². The molecule has 27 heteroatoms. The second-order valence-corrected chi connectivity index (χ2v) is 35.6. The van der Waals surface area contributed by atoms with E-state index in [4.69, 9.17) is 47.1 Å². The molecule has 610 valence electrons. The number of ether oxygens (including phenoxy) is 6. The molecule has 0 spiro atoms. The van der Waals surface area contributed by atoms with Crippen molar-refractivity contribution < 1.29 is 75.5 Å². The summed E-state index contributed by atoms with van der Waals surface area (Å²) in [5, 5.41) is 16.8. The van der Waals surface area contributed by atoms with Crippen molar-refractivity contribution in [2.24, 2.45) is 11.7 Å². The summed E-state index contributed by atoms with van der Waals surface area (Å²) in [4.78, 5) is 69.4. The van der Waals surface area contributed by atoms with Gasteiger partial charge in [-0.3, -0.25) is 4.79 Å². The van der Waals surface area contributed by atoms with Crippen molar-refractivity contribution in [3.63, 3.8) is 0 Å². The molecule has 1 amide bonds. The van der Waals surface area contributed by atoms with E-state index in [-0.39, 0.29) is 108 Å². The van der Waals surface area contributed by atoms with Crippen LogP contribution in [0.15, 0.2) is 49.6 Å². The van der Waals surface area contributed by atoms with Crippen LogP contribution < -0.4 is 54.8 Å². The molecule has 5 aliphatic rings. The van der Waals surface area contributed by atoms with Crippen molar-refractivity contribution >= 4 is 122 Å². The Morgan fingerprint density at radius 2 is 0.908 bits per heavy atom. The van der Waals surface area contributed by atoms with E-state index in [1.807, 2.05) is 41.5 Å². The molecule has 8 aromatic rings. The van der Waals surface area contributed by atoms with Gasteiger partial charge in [0, 0.05) is 64.0 Å². The number of halogens is 2. The number of thiophene rings is 4. The van der Waals surface area contributed by atoms with Gasteiger partial charge in [0.2, 0.25) is 17.6 Å². The molecule has 4 saturated carbocycles. The van der Waals surface area contributed by atoms with Crippen LogP contribution in [0.3, 0.4) is 0 Å². The zero-order valence-electron chi connectivity index (χ0n) is 68.3. The van der Waals surface area contributed by atoms with Crippen LogP contribution >= 0.6 is 69.4 Å². The van der Waals surface area contributed by atoms with Crippen molar-refractivity contribution in [2.75, 3.05) is 27.3 Å². The van der Waals surface area contributed by atoms with Gasteiger partial charge in [0.15, 0.2) is 0 Å². The summed E-state index contributed by atoms with van der Waals surface area (Å²) in [6.07, 6.45) is 25.3. The van der Waals surface area contributed by atoms with E-state index < -0.39 is 11.2 Å². The number of alkyl carbamates (subject to hydrolysis) is 1. The Bertz CT molecular complexity index is 3890. The minimum Gasteiger partial charge on any atom is -1.00 e. The number of rotatable bonds is 14. The monoisotopic (exact) mass is 1640 g/mol. The minimum absolute atomic E-state index is 0. The third-order valence-corrected chi connectivity index (χ3v) is 24.0. The van der Waals surface area contributed by atoms with E-state index in [0.717, 1.165) is 156 Å². The zero-order valence-corrected chi connectivity index (χ0v) is 73.2. The molecule has 1 aliphatic heterocycles. The standard InChI is InChI=1S/C21H30N2O3S.C17H25N3OS.C15H21N3OS.C11H21NO3.C9H9ClN2S.C4H8O.C2H6.3CH4.ClH.Na.H/c1-13(2)17-11-16-19(22-12-23-20(16)27-17)25-15-8-6-14(7-9-15)10-18(24)26-21(3,4)5;1-11(2)15-9-14-16(18-10-19-17(14)22-15)21-13-7-5-12(6-8-13)20(3)4;1-9(2)13-7-12-14(17-8-18-15(12)20-13)19-11-5-3-10(16)4-6-11;1-11(2,3)15-10(14)12-8-4-6-9(13)7-5-8;1-5(2)7-3-6-8(10)11-4-12-9(6)13-7;1-2-4-5-3-1;1-2;;;;;;/h11-15H,6-10H2,1-5H3;9-13H,5-8H2,1-4H3;7-11H,3-6,16H2,1-2H3;8-9,13H,4-7H2,1-3H3,(H,12,14);3-5H,1-2H3;1-4H2;1-2H3;3*1H4;1H;;/q;;;;;;;;;;;+1;-1/i;;;;;;1D;;;;;;. The Hall–Kier alpha value is -4.28. The molecule has 4 N–H and O–H groups in total.